The van der Waals surface area contributed by atoms with Crippen molar-refractivity contribution in [3.8, 4) is 0 Å². The molecule has 0 aliphatic heterocycles. The lowest BCUT2D eigenvalue weighted by Gasteiger charge is -2.23. The van der Waals surface area contributed by atoms with Crippen molar-refractivity contribution in [2.45, 2.75) is 47.7 Å². The van der Waals surface area contributed by atoms with Crippen molar-refractivity contribution in [2.24, 2.45) is 0 Å². The van der Waals surface area contributed by atoms with Crippen molar-refractivity contribution < 1.29 is 0 Å². The van der Waals surface area contributed by atoms with Gasteiger partial charge in [-0.25, -0.2) is 0 Å². The predicted molar refractivity (Wildman–Crippen MR) is 71.2 cm³/mol. The molecular formula is C8H18S4. The molecule has 0 aromatic heterocycles. The lowest BCUT2D eigenvalue weighted by molar-refractivity contribution is 0.626. The lowest BCUT2D eigenvalue weighted by atomic mass is 10.1. The second kappa shape index (κ2) is 6.80. The summed E-state index contributed by atoms with van der Waals surface area (Å²) in [5.74, 6) is 0. The van der Waals surface area contributed by atoms with Crippen LogP contribution in [0.15, 0.2) is 0 Å². The first kappa shape index (κ1) is 13.4. The molecule has 4 heteroatoms. The van der Waals surface area contributed by atoms with Crippen molar-refractivity contribution in [3.05, 3.63) is 0 Å². The molecule has 0 radical (unpaired) electrons. The van der Waals surface area contributed by atoms with E-state index in [1.54, 1.807) is 0 Å². The summed E-state index contributed by atoms with van der Waals surface area (Å²) >= 11 is 17.1. The van der Waals surface area contributed by atoms with Gasteiger partial charge in [0.05, 0.1) is 0 Å². The van der Waals surface area contributed by atoms with Gasteiger partial charge in [0.15, 0.2) is 0 Å². The summed E-state index contributed by atoms with van der Waals surface area (Å²) in [7, 11) is 0. The molecule has 0 saturated carbocycles. The summed E-state index contributed by atoms with van der Waals surface area (Å²) in [6.07, 6.45) is 6.09. The van der Waals surface area contributed by atoms with Crippen molar-refractivity contribution >= 4 is 50.5 Å². The van der Waals surface area contributed by atoms with Gasteiger partial charge in [-0.05, 0) is 6.42 Å². The fraction of sp³-hybridized carbons (Fsp3) is 1.00. The molecule has 0 aromatic carbocycles. The van der Waals surface area contributed by atoms with Crippen LogP contribution in [0.1, 0.15) is 39.0 Å². The van der Waals surface area contributed by atoms with E-state index in [1.165, 1.54) is 25.7 Å². The average Bonchev–Trinajstić information content (AvgIpc) is 1.96. The van der Waals surface area contributed by atoms with Crippen molar-refractivity contribution in [1.29, 1.82) is 0 Å². The maximum Gasteiger partial charge on any atom is 0.110 e. The van der Waals surface area contributed by atoms with E-state index in [1.807, 2.05) is 0 Å². The lowest BCUT2D eigenvalue weighted by Crippen LogP contribution is -2.19. The highest BCUT2D eigenvalue weighted by Crippen LogP contribution is 2.34. The maximum absolute atomic E-state index is 4.38. The smallest absolute Gasteiger partial charge is 0.110 e. The Hall–Kier alpha value is 1.40. The average molecular weight is 243 g/mol. The van der Waals surface area contributed by atoms with E-state index in [-0.39, 0.29) is 5.25 Å². The highest BCUT2D eigenvalue weighted by molar-refractivity contribution is 8.18. The summed E-state index contributed by atoms with van der Waals surface area (Å²) < 4.78 is -0.546. The van der Waals surface area contributed by atoms with E-state index in [2.05, 4.69) is 57.4 Å². The van der Waals surface area contributed by atoms with Crippen LogP contribution in [0.5, 0.6) is 0 Å². The van der Waals surface area contributed by atoms with Gasteiger partial charge in [-0.1, -0.05) is 32.6 Å². The SMILES string of the molecule is CCCCCCC(S)C(S)(S)S. The molecule has 0 aliphatic carbocycles. The molecule has 0 N–H and O–H groups in total. The molecule has 0 saturated heterocycles. The molecular weight excluding hydrogens is 224 g/mol. The second-order valence-electron chi connectivity index (χ2n) is 3.05. The first-order valence-electron chi connectivity index (χ1n) is 4.33. The molecule has 0 nitrogen and oxygen atoms in total. The minimum atomic E-state index is -0.546. The summed E-state index contributed by atoms with van der Waals surface area (Å²) in [6, 6.07) is 0. The van der Waals surface area contributed by atoms with Crippen LogP contribution in [-0.4, -0.2) is 8.66 Å². The molecule has 12 heavy (non-hydrogen) atoms. The predicted octanol–water partition coefficient (Wildman–Crippen LogP) is 3.70. The van der Waals surface area contributed by atoms with Crippen LogP contribution in [0.25, 0.3) is 0 Å². The Balaban J connectivity index is 3.38. The largest absolute Gasteiger partial charge is 0.173 e. The van der Waals surface area contributed by atoms with Gasteiger partial charge < -0.3 is 0 Å². The van der Waals surface area contributed by atoms with Crippen LogP contribution in [-0.2, 0) is 0 Å². The first-order valence-corrected chi connectivity index (χ1v) is 6.19. The third-order valence-electron chi connectivity index (χ3n) is 1.78. The maximum atomic E-state index is 4.38. The molecule has 0 aromatic rings. The minimum absolute atomic E-state index is 0.157. The summed E-state index contributed by atoms with van der Waals surface area (Å²) in [5, 5.41) is 0.157. The Bertz CT molecular complexity index is 108. The van der Waals surface area contributed by atoms with Crippen molar-refractivity contribution in [1.82, 2.24) is 0 Å². The zero-order chi connectivity index (χ0) is 9.61. The fourth-order valence-electron chi connectivity index (χ4n) is 0.958. The van der Waals surface area contributed by atoms with Gasteiger partial charge in [0.1, 0.15) is 3.41 Å². The van der Waals surface area contributed by atoms with E-state index in [0.29, 0.717) is 0 Å². The number of unbranched alkanes of at least 4 members (excludes halogenated alkanes) is 3. The molecule has 0 rings (SSSR count). The van der Waals surface area contributed by atoms with Gasteiger partial charge in [0.25, 0.3) is 0 Å². The van der Waals surface area contributed by atoms with E-state index in [4.69, 9.17) is 0 Å². The molecule has 1 atom stereocenters. The first-order chi connectivity index (χ1) is 5.48. The summed E-state index contributed by atoms with van der Waals surface area (Å²) in [4.78, 5) is 0. The Kier molecular flexibility index (Phi) is 7.59. The minimum Gasteiger partial charge on any atom is -0.173 e. The van der Waals surface area contributed by atoms with Gasteiger partial charge in [-0.2, -0.15) is 50.5 Å². The molecule has 0 heterocycles. The van der Waals surface area contributed by atoms with Crippen LogP contribution in [0.3, 0.4) is 0 Å². The van der Waals surface area contributed by atoms with Crippen molar-refractivity contribution in [2.75, 3.05) is 0 Å². The summed E-state index contributed by atoms with van der Waals surface area (Å²) in [6.45, 7) is 2.21. The van der Waals surface area contributed by atoms with Crippen LogP contribution in [0.2, 0.25) is 0 Å². The molecule has 0 amide bonds. The van der Waals surface area contributed by atoms with Crippen LogP contribution < -0.4 is 0 Å². The van der Waals surface area contributed by atoms with Crippen molar-refractivity contribution in [3.63, 3.8) is 0 Å². The number of thiol groups is 4. The highest BCUT2D eigenvalue weighted by Gasteiger charge is 2.23. The standard InChI is InChI=1S/C8H18S4/c1-2-3-4-5-6-7(9)8(10,11)12/h7,9-12H,2-6H2,1H3. The Labute approximate surface area is 97.9 Å². The third kappa shape index (κ3) is 6.87. The fourth-order valence-corrected chi connectivity index (χ4v) is 1.53. The van der Waals surface area contributed by atoms with E-state index in [9.17, 15) is 0 Å². The molecule has 74 valence electrons. The number of rotatable bonds is 6. The molecule has 0 fully saturated rings. The summed E-state index contributed by atoms with van der Waals surface area (Å²) in [5.41, 5.74) is 0. The Morgan fingerprint density at radius 1 is 1.08 bits per heavy atom. The molecule has 1 unspecified atom stereocenters. The zero-order valence-electron chi connectivity index (χ0n) is 7.40. The Morgan fingerprint density at radius 2 is 1.67 bits per heavy atom. The zero-order valence-corrected chi connectivity index (χ0v) is 11.0. The number of hydrogen-bond donors (Lipinski definition) is 4. The Morgan fingerprint density at radius 3 is 2.08 bits per heavy atom. The number of hydrogen-bond acceptors (Lipinski definition) is 4. The molecule has 0 spiro atoms. The van der Waals surface area contributed by atoms with E-state index in [0.717, 1.165) is 6.42 Å². The van der Waals surface area contributed by atoms with Gasteiger partial charge in [-0.3, -0.25) is 0 Å². The van der Waals surface area contributed by atoms with Crippen LogP contribution >= 0.6 is 50.5 Å². The van der Waals surface area contributed by atoms with Crippen LogP contribution in [0.4, 0.5) is 0 Å². The molecule has 0 bridgehead atoms. The van der Waals surface area contributed by atoms with Crippen LogP contribution in [0, 0.1) is 0 Å². The quantitative estimate of drug-likeness (QED) is 0.305. The monoisotopic (exact) mass is 242 g/mol. The highest BCUT2D eigenvalue weighted by atomic mass is 32.2. The second-order valence-corrected chi connectivity index (χ2v) is 6.85. The van der Waals surface area contributed by atoms with E-state index >= 15 is 0 Å². The van der Waals surface area contributed by atoms with Gasteiger partial charge in [0.2, 0.25) is 0 Å². The van der Waals surface area contributed by atoms with E-state index < -0.39 is 3.41 Å². The van der Waals surface area contributed by atoms with Gasteiger partial charge in [-0.15, -0.1) is 0 Å². The third-order valence-corrected chi connectivity index (χ3v) is 3.97. The van der Waals surface area contributed by atoms with Gasteiger partial charge >= 0.3 is 0 Å². The molecule has 0 aliphatic rings. The normalized spacial score (nSPS) is 14.8. The van der Waals surface area contributed by atoms with Gasteiger partial charge in [0, 0.05) is 5.25 Å². The topological polar surface area (TPSA) is 0 Å².